The van der Waals surface area contributed by atoms with Crippen LogP contribution in [0.1, 0.15) is 0 Å². The van der Waals surface area contributed by atoms with E-state index < -0.39 is 0 Å². The molecule has 0 aliphatic heterocycles. The molecule has 0 radical (unpaired) electrons. The number of hydrogen-bond donors (Lipinski definition) is 0. The van der Waals surface area contributed by atoms with Gasteiger partial charge in [-0.05, 0) is 33.9 Å². The van der Waals surface area contributed by atoms with Gasteiger partial charge in [0.15, 0.2) is 0 Å². The molecule has 24 heavy (non-hydrogen) atoms. The maximum absolute atomic E-state index is 6.28. The molecule has 0 fully saturated rings. The summed E-state index contributed by atoms with van der Waals surface area (Å²) in [5, 5.41) is 6.49. The van der Waals surface area contributed by atoms with Crippen LogP contribution in [0.3, 0.4) is 0 Å². The van der Waals surface area contributed by atoms with Crippen molar-refractivity contribution in [2.45, 2.75) is 0 Å². The van der Waals surface area contributed by atoms with Gasteiger partial charge in [0.25, 0.3) is 0 Å². The molecule has 0 amide bonds. The van der Waals surface area contributed by atoms with Crippen LogP contribution in [0.15, 0.2) is 83.5 Å². The third-order valence-corrected chi connectivity index (χ3v) is 4.82. The Balaban J connectivity index is 2.05. The quantitative estimate of drug-likeness (QED) is 0.300. The molecule has 4 aromatic carbocycles. The zero-order valence-electron chi connectivity index (χ0n) is 12.8. The highest BCUT2D eigenvalue weighted by Crippen LogP contribution is 2.41. The molecule has 0 aliphatic carbocycles. The van der Waals surface area contributed by atoms with Gasteiger partial charge in [-0.25, -0.2) is 0 Å². The van der Waals surface area contributed by atoms with E-state index in [0.717, 1.165) is 43.3 Å². The first-order valence-electron chi connectivity index (χ1n) is 7.89. The largest absolute Gasteiger partial charge is 0.463 e. The fourth-order valence-corrected chi connectivity index (χ4v) is 3.70. The van der Waals surface area contributed by atoms with Gasteiger partial charge in [-0.2, -0.15) is 0 Å². The van der Waals surface area contributed by atoms with E-state index >= 15 is 0 Å². The number of halogens is 1. The predicted molar refractivity (Wildman–Crippen MR) is 102 cm³/mol. The van der Waals surface area contributed by atoms with E-state index in [1.807, 2.05) is 42.7 Å². The molecule has 0 bridgehead atoms. The Hall–Kier alpha value is -2.77. The van der Waals surface area contributed by atoms with Crippen molar-refractivity contribution < 1.29 is 4.42 Å². The Morgan fingerprint density at radius 1 is 0.667 bits per heavy atom. The van der Waals surface area contributed by atoms with Crippen LogP contribution in [0.4, 0.5) is 0 Å². The summed E-state index contributed by atoms with van der Waals surface area (Å²) in [4.78, 5) is 0. The van der Waals surface area contributed by atoms with E-state index in [2.05, 4.69) is 36.4 Å². The van der Waals surface area contributed by atoms with E-state index in [0.29, 0.717) is 0 Å². The second kappa shape index (κ2) is 5.12. The van der Waals surface area contributed by atoms with Gasteiger partial charge in [0, 0.05) is 21.4 Å². The van der Waals surface area contributed by atoms with Gasteiger partial charge < -0.3 is 4.42 Å². The summed E-state index contributed by atoms with van der Waals surface area (Å²) in [6.07, 6.45) is 1.86. The second-order valence-electron chi connectivity index (χ2n) is 5.96. The molecule has 0 atom stereocenters. The maximum atomic E-state index is 6.28. The van der Waals surface area contributed by atoms with Crippen molar-refractivity contribution in [1.82, 2.24) is 0 Å². The number of rotatable bonds is 1. The van der Waals surface area contributed by atoms with Crippen molar-refractivity contribution in [2.24, 2.45) is 0 Å². The summed E-state index contributed by atoms with van der Waals surface area (Å²) in [7, 11) is 0. The molecule has 1 nitrogen and oxygen atoms in total. The molecule has 0 unspecified atom stereocenters. The van der Waals surface area contributed by atoms with Crippen molar-refractivity contribution >= 4 is 44.1 Å². The Morgan fingerprint density at radius 2 is 1.42 bits per heavy atom. The second-order valence-corrected chi connectivity index (χ2v) is 6.39. The number of hydrogen-bond acceptors (Lipinski definition) is 1. The number of benzene rings is 4. The highest BCUT2D eigenvalue weighted by molar-refractivity contribution is 6.33. The van der Waals surface area contributed by atoms with Crippen molar-refractivity contribution in [2.75, 3.05) is 0 Å². The van der Waals surface area contributed by atoms with Crippen LogP contribution >= 0.6 is 11.6 Å². The van der Waals surface area contributed by atoms with E-state index in [-0.39, 0.29) is 0 Å². The molecule has 1 aromatic heterocycles. The van der Waals surface area contributed by atoms with Crippen LogP contribution in [0.25, 0.3) is 43.6 Å². The molecule has 5 rings (SSSR count). The molecule has 114 valence electrons. The summed E-state index contributed by atoms with van der Waals surface area (Å²) >= 11 is 6.28. The molecular formula is C22H13ClO. The van der Waals surface area contributed by atoms with E-state index in [1.54, 1.807) is 0 Å². The number of fused-ring (bicyclic) bond motifs is 6. The molecule has 0 spiro atoms. The van der Waals surface area contributed by atoms with Gasteiger partial charge in [0.2, 0.25) is 0 Å². The minimum absolute atomic E-state index is 0.747. The monoisotopic (exact) mass is 328 g/mol. The van der Waals surface area contributed by atoms with E-state index in [9.17, 15) is 0 Å². The summed E-state index contributed by atoms with van der Waals surface area (Å²) in [6.45, 7) is 0. The fourth-order valence-electron chi connectivity index (χ4n) is 3.53. The van der Waals surface area contributed by atoms with Crippen molar-refractivity contribution in [3.63, 3.8) is 0 Å². The third-order valence-electron chi connectivity index (χ3n) is 4.59. The normalized spacial score (nSPS) is 11.5. The Bertz CT molecular complexity index is 1200. The summed E-state index contributed by atoms with van der Waals surface area (Å²) in [5.41, 5.74) is 3.20. The van der Waals surface area contributed by atoms with Crippen LogP contribution < -0.4 is 0 Å². The predicted octanol–water partition coefficient (Wildman–Crippen LogP) is 7.06. The average Bonchev–Trinajstić information content (AvgIpc) is 3.08. The average molecular weight is 329 g/mol. The Labute approximate surface area is 144 Å². The van der Waals surface area contributed by atoms with Gasteiger partial charge in [-0.3, -0.25) is 0 Å². The lowest BCUT2D eigenvalue weighted by Gasteiger charge is -2.08. The highest BCUT2D eigenvalue weighted by atomic mass is 35.5. The third kappa shape index (κ3) is 1.88. The molecule has 0 aliphatic rings. The van der Waals surface area contributed by atoms with E-state index in [4.69, 9.17) is 16.0 Å². The van der Waals surface area contributed by atoms with Crippen molar-refractivity contribution in [3.8, 4) is 11.1 Å². The van der Waals surface area contributed by atoms with Gasteiger partial charge in [0.1, 0.15) is 5.58 Å². The van der Waals surface area contributed by atoms with Crippen LogP contribution in [0, 0.1) is 0 Å². The fraction of sp³-hybridized carbons (Fsp3) is 0. The van der Waals surface area contributed by atoms with Crippen LogP contribution in [0.2, 0.25) is 5.02 Å². The lowest BCUT2D eigenvalue weighted by Crippen LogP contribution is -1.82. The lowest BCUT2D eigenvalue weighted by atomic mass is 9.95. The minimum atomic E-state index is 0.747. The molecule has 0 saturated heterocycles. The number of furan rings is 1. The van der Waals surface area contributed by atoms with Gasteiger partial charge in [0.05, 0.1) is 6.26 Å². The van der Waals surface area contributed by atoms with E-state index in [1.165, 1.54) is 5.39 Å². The molecule has 2 heteroatoms. The molecule has 1 heterocycles. The first kappa shape index (κ1) is 13.6. The van der Waals surface area contributed by atoms with Crippen molar-refractivity contribution in [3.05, 3.63) is 84.1 Å². The highest BCUT2D eigenvalue weighted by Gasteiger charge is 2.16. The minimum Gasteiger partial charge on any atom is -0.463 e. The zero-order valence-corrected chi connectivity index (χ0v) is 13.5. The lowest BCUT2D eigenvalue weighted by molar-refractivity contribution is 0.620. The van der Waals surface area contributed by atoms with Crippen molar-refractivity contribution in [1.29, 1.82) is 0 Å². The molecular weight excluding hydrogens is 316 g/mol. The molecule has 5 aromatic rings. The molecule has 0 saturated carbocycles. The SMILES string of the molecule is Clc1ccc2c(c1)c1ccccc1c1occ(-c3ccccc3)c21. The molecule has 0 N–H and O–H groups in total. The summed E-state index contributed by atoms with van der Waals surface area (Å²) in [6, 6.07) is 24.8. The summed E-state index contributed by atoms with van der Waals surface area (Å²) < 4.78 is 6.02. The van der Waals surface area contributed by atoms with Crippen LogP contribution in [-0.4, -0.2) is 0 Å². The van der Waals surface area contributed by atoms with Gasteiger partial charge in [-0.1, -0.05) is 72.3 Å². The Morgan fingerprint density at radius 3 is 2.25 bits per heavy atom. The van der Waals surface area contributed by atoms with Crippen LogP contribution in [-0.2, 0) is 0 Å². The topological polar surface area (TPSA) is 13.1 Å². The first-order valence-corrected chi connectivity index (χ1v) is 8.27. The standard InChI is InChI=1S/C22H13ClO/c23-15-10-11-17-19(12-15)16-8-4-5-9-18(16)22-21(17)20(13-24-22)14-6-2-1-3-7-14/h1-13H. The summed E-state index contributed by atoms with van der Waals surface area (Å²) in [5.74, 6) is 0. The first-order chi connectivity index (χ1) is 11.8. The smallest absolute Gasteiger partial charge is 0.142 e. The maximum Gasteiger partial charge on any atom is 0.142 e. The van der Waals surface area contributed by atoms with Gasteiger partial charge >= 0.3 is 0 Å². The zero-order chi connectivity index (χ0) is 16.1. The van der Waals surface area contributed by atoms with Gasteiger partial charge in [-0.15, -0.1) is 0 Å². The van der Waals surface area contributed by atoms with Crippen LogP contribution in [0.5, 0.6) is 0 Å². The Kier molecular flexibility index (Phi) is 2.91.